The number of halogens is 1. The lowest BCUT2D eigenvalue weighted by molar-refractivity contribution is -0.124. The summed E-state index contributed by atoms with van der Waals surface area (Å²) in [5.41, 5.74) is 4.23. The molecule has 1 atom stereocenters. The molecule has 1 aromatic carbocycles. The Balaban J connectivity index is 1.67. The number of nitrogens with zero attached hydrogens (tertiary/aromatic N) is 1. The Morgan fingerprint density at radius 2 is 1.96 bits per heavy atom. The van der Waals surface area contributed by atoms with Gasteiger partial charge in [0, 0.05) is 9.90 Å². The van der Waals surface area contributed by atoms with Gasteiger partial charge >= 0.3 is 0 Å². The molecule has 0 radical (unpaired) electrons. The van der Waals surface area contributed by atoms with Gasteiger partial charge in [-0.1, -0.05) is 23.7 Å². The van der Waals surface area contributed by atoms with E-state index in [-0.39, 0.29) is 17.4 Å². The lowest BCUT2D eigenvalue weighted by Crippen LogP contribution is -2.28. The Morgan fingerprint density at radius 3 is 2.60 bits per heavy atom. The highest BCUT2D eigenvalue weighted by Gasteiger charge is 2.32. The summed E-state index contributed by atoms with van der Waals surface area (Å²) in [7, 11) is -3.08. The maximum absolute atomic E-state index is 12.0. The molecule has 1 amide bonds. The van der Waals surface area contributed by atoms with Gasteiger partial charge in [-0.3, -0.25) is 4.79 Å². The molecule has 0 unspecified atom stereocenters. The van der Waals surface area contributed by atoms with E-state index in [0.29, 0.717) is 17.2 Å². The lowest BCUT2D eigenvalue weighted by atomic mass is 10.1. The van der Waals surface area contributed by atoms with Crippen LogP contribution in [0.2, 0.25) is 5.02 Å². The van der Waals surface area contributed by atoms with E-state index >= 15 is 0 Å². The average molecular weight is 397 g/mol. The Morgan fingerprint density at radius 1 is 1.24 bits per heavy atom. The van der Waals surface area contributed by atoms with Crippen LogP contribution in [0, 0.1) is 5.92 Å². The fourth-order valence-electron chi connectivity index (χ4n) is 2.59. The summed E-state index contributed by atoms with van der Waals surface area (Å²) in [4.78, 5) is 14.0. The Labute approximate surface area is 155 Å². The first-order chi connectivity index (χ1) is 11.8. The topological polar surface area (TPSA) is 75.6 Å². The molecule has 132 valence electrons. The number of nitrogens with one attached hydrogen (secondary N) is 1. The maximum atomic E-state index is 12.0. The summed E-state index contributed by atoms with van der Waals surface area (Å²) in [6.07, 6.45) is 0.364. The van der Waals surface area contributed by atoms with Crippen molar-refractivity contribution in [1.82, 2.24) is 5.43 Å². The van der Waals surface area contributed by atoms with Gasteiger partial charge < -0.3 is 0 Å². The van der Waals surface area contributed by atoms with Crippen LogP contribution in [0.25, 0.3) is 10.4 Å². The van der Waals surface area contributed by atoms with Crippen LogP contribution in [0.5, 0.6) is 0 Å². The first-order valence-electron chi connectivity index (χ1n) is 7.75. The summed E-state index contributed by atoms with van der Waals surface area (Å²) in [5.74, 6) is -0.861. The minimum absolute atomic E-state index is 0.0726. The highest BCUT2D eigenvalue weighted by Crippen LogP contribution is 2.29. The molecule has 1 saturated heterocycles. The number of hydrogen-bond donors (Lipinski definition) is 1. The van der Waals surface area contributed by atoms with Crippen molar-refractivity contribution in [3.05, 3.63) is 46.3 Å². The molecule has 0 aliphatic carbocycles. The summed E-state index contributed by atoms with van der Waals surface area (Å²) in [6.45, 7) is 1.81. The van der Waals surface area contributed by atoms with E-state index < -0.39 is 15.8 Å². The average Bonchev–Trinajstić information content (AvgIpc) is 3.20. The zero-order valence-corrected chi connectivity index (χ0v) is 15.9. The number of carbonyl (C=O) groups excluding carboxylic acids is 1. The van der Waals surface area contributed by atoms with Gasteiger partial charge in [0.25, 0.3) is 0 Å². The fraction of sp³-hybridized carbons (Fsp3) is 0.294. The van der Waals surface area contributed by atoms with Crippen molar-refractivity contribution in [2.24, 2.45) is 11.0 Å². The molecule has 0 saturated carbocycles. The number of thiophene rings is 1. The van der Waals surface area contributed by atoms with Crippen LogP contribution in [0.1, 0.15) is 18.2 Å². The molecule has 1 aliphatic heterocycles. The van der Waals surface area contributed by atoms with Gasteiger partial charge in [-0.25, -0.2) is 13.8 Å². The summed E-state index contributed by atoms with van der Waals surface area (Å²) < 4.78 is 22.9. The van der Waals surface area contributed by atoms with Crippen LogP contribution in [0.4, 0.5) is 0 Å². The smallest absolute Gasteiger partial charge is 0.244 e. The van der Waals surface area contributed by atoms with Crippen molar-refractivity contribution in [3.63, 3.8) is 0 Å². The SMILES string of the molecule is C/C(=N/NC(=O)[C@@H]1CCS(=O)(=O)C1)c1ccc(-c2ccc(Cl)cc2)s1. The molecule has 5 nitrogen and oxygen atoms in total. The Hall–Kier alpha value is -1.70. The number of hydrazone groups is 1. The molecular formula is C17H17ClN2O3S2. The van der Waals surface area contributed by atoms with E-state index in [1.165, 1.54) is 0 Å². The van der Waals surface area contributed by atoms with Crippen molar-refractivity contribution < 1.29 is 13.2 Å². The van der Waals surface area contributed by atoms with Crippen molar-refractivity contribution >= 4 is 44.4 Å². The van der Waals surface area contributed by atoms with E-state index in [1.54, 1.807) is 11.3 Å². The predicted molar refractivity (Wildman–Crippen MR) is 102 cm³/mol. The predicted octanol–water partition coefficient (Wildman–Crippen LogP) is 3.34. The lowest BCUT2D eigenvalue weighted by Gasteiger charge is -2.05. The first kappa shape index (κ1) is 18.1. The quantitative estimate of drug-likeness (QED) is 0.636. The zero-order valence-electron chi connectivity index (χ0n) is 13.5. The second-order valence-corrected chi connectivity index (χ2v) is 9.69. The molecule has 1 N–H and O–H groups in total. The normalized spacial score (nSPS) is 19.8. The van der Waals surface area contributed by atoms with Gasteiger partial charge in [-0.2, -0.15) is 5.10 Å². The van der Waals surface area contributed by atoms with Crippen LogP contribution in [-0.2, 0) is 14.6 Å². The maximum Gasteiger partial charge on any atom is 0.244 e. The number of rotatable bonds is 4. The number of sulfone groups is 1. The monoisotopic (exact) mass is 396 g/mol. The molecule has 1 fully saturated rings. The second-order valence-electron chi connectivity index (χ2n) is 5.94. The summed E-state index contributed by atoms with van der Waals surface area (Å²) in [6, 6.07) is 11.5. The highest BCUT2D eigenvalue weighted by atomic mass is 35.5. The number of benzene rings is 1. The van der Waals surface area contributed by atoms with E-state index in [4.69, 9.17) is 11.6 Å². The molecule has 2 aromatic rings. The fourth-order valence-corrected chi connectivity index (χ4v) is 5.41. The van der Waals surface area contributed by atoms with E-state index in [0.717, 1.165) is 15.3 Å². The van der Waals surface area contributed by atoms with Gasteiger partial charge in [-0.05, 0) is 43.2 Å². The molecular weight excluding hydrogens is 380 g/mol. The van der Waals surface area contributed by atoms with Crippen LogP contribution in [0.3, 0.4) is 0 Å². The molecule has 2 heterocycles. The van der Waals surface area contributed by atoms with Crippen molar-refractivity contribution in [2.75, 3.05) is 11.5 Å². The van der Waals surface area contributed by atoms with Gasteiger partial charge in [0.05, 0.1) is 28.0 Å². The summed E-state index contributed by atoms with van der Waals surface area (Å²) in [5, 5.41) is 4.81. The third-order valence-corrected chi connectivity index (χ3v) is 7.29. The van der Waals surface area contributed by atoms with Gasteiger partial charge in [0.2, 0.25) is 5.91 Å². The zero-order chi connectivity index (χ0) is 18.0. The van der Waals surface area contributed by atoms with Crippen LogP contribution in [0.15, 0.2) is 41.5 Å². The molecule has 3 rings (SSSR count). The second kappa shape index (κ2) is 7.27. The van der Waals surface area contributed by atoms with E-state index in [1.807, 2.05) is 43.3 Å². The van der Waals surface area contributed by atoms with Gasteiger partial charge in [-0.15, -0.1) is 11.3 Å². The minimum Gasteiger partial charge on any atom is -0.273 e. The molecule has 0 bridgehead atoms. The largest absolute Gasteiger partial charge is 0.273 e. The van der Waals surface area contributed by atoms with Crippen molar-refractivity contribution in [2.45, 2.75) is 13.3 Å². The number of amides is 1. The molecule has 1 aromatic heterocycles. The van der Waals surface area contributed by atoms with Crippen LogP contribution in [-0.4, -0.2) is 31.5 Å². The van der Waals surface area contributed by atoms with Gasteiger partial charge in [0.15, 0.2) is 9.84 Å². The molecule has 8 heteroatoms. The number of hydrogen-bond acceptors (Lipinski definition) is 5. The minimum atomic E-state index is -3.08. The van der Waals surface area contributed by atoms with Crippen molar-refractivity contribution in [1.29, 1.82) is 0 Å². The molecule has 0 spiro atoms. The van der Waals surface area contributed by atoms with Crippen LogP contribution < -0.4 is 5.43 Å². The van der Waals surface area contributed by atoms with Gasteiger partial charge in [0.1, 0.15) is 0 Å². The third-order valence-electron chi connectivity index (χ3n) is 4.03. The molecule has 25 heavy (non-hydrogen) atoms. The number of carbonyl (C=O) groups is 1. The van der Waals surface area contributed by atoms with E-state index in [9.17, 15) is 13.2 Å². The van der Waals surface area contributed by atoms with Crippen LogP contribution >= 0.6 is 22.9 Å². The standard InChI is InChI=1S/C17H17ClN2O3S2/c1-11(19-20-17(21)13-8-9-25(22,23)10-13)15-6-7-16(24-15)12-2-4-14(18)5-3-12/h2-7,13H,8-10H2,1H3,(H,20,21)/b19-11-/t13-/m1/s1. The molecule has 1 aliphatic rings. The van der Waals surface area contributed by atoms with E-state index in [2.05, 4.69) is 10.5 Å². The Bertz CT molecular complexity index is 918. The Kier molecular flexibility index (Phi) is 5.27. The highest BCUT2D eigenvalue weighted by molar-refractivity contribution is 7.91. The third kappa shape index (κ3) is 4.48. The first-order valence-corrected chi connectivity index (χ1v) is 10.8. The van der Waals surface area contributed by atoms with Crippen molar-refractivity contribution in [3.8, 4) is 10.4 Å². The summed E-state index contributed by atoms with van der Waals surface area (Å²) >= 11 is 7.47.